The summed E-state index contributed by atoms with van der Waals surface area (Å²) in [7, 11) is 0. The van der Waals surface area contributed by atoms with E-state index in [1.165, 1.54) is 35.2 Å². The number of nitrogens with two attached hydrogens (primary N) is 1. The first-order valence-electron chi connectivity index (χ1n) is 7.85. The van der Waals surface area contributed by atoms with E-state index in [1.807, 2.05) is 0 Å². The highest BCUT2D eigenvalue weighted by Crippen LogP contribution is 2.27. The summed E-state index contributed by atoms with van der Waals surface area (Å²) in [6, 6.07) is 5.89. The number of hydrogen-bond donors (Lipinski definition) is 3. The third-order valence-corrected chi connectivity index (χ3v) is 5.07. The van der Waals surface area contributed by atoms with Crippen LogP contribution in [0.25, 0.3) is 0 Å². The van der Waals surface area contributed by atoms with Crippen molar-refractivity contribution in [1.82, 2.24) is 25.1 Å². The molecule has 0 aliphatic heterocycles. The molecule has 1 aromatic carbocycles. The molecule has 136 valence electrons. The van der Waals surface area contributed by atoms with Crippen LogP contribution in [0.1, 0.15) is 19.2 Å². The molecule has 8 nitrogen and oxygen atoms in total. The van der Waals surface area contributed by atoms with Crippen molar-refractivity contribution >= 4 is 45.8 Å². The number of halogens is 1. The van der Waals surface area contributed by atoms with E-state index in [0.29, 0.717) is 23.2 Å². The van der Waals surface area contributed by atoms with E-state index in [-0.39, 0.29) is 11.8 Å². The molecule has 0 radical (unpaired) electrons. The van der Waals surface area contributed by atoms with E-state index in [2.05, 4.69) is 42.7 Å². The lowest BCUT2D eigenvalue weighted by Gasteiger charge is -2.06. The van der Waals surface area contributed by atoms with Gasteiger partial charge in [-0.05, 0) is 30.7 Å². The lowest BCUT2D eigenvalue weighted by molar-refractivity contribution is 0.628. The Balaban J connectivity index is 1.63. The first-order chi connectivity index (χ1) is 12.6. The maximum Gasteiger partial charge on any atom is 0.232 e. The summed E-state index contributed by atoms with van der Waals surface area (Å²) >= 11 is 2.95. The van der Waals surface area contributed by atoms with Crippen LogP contribution in [0.4, 0.5) is 27.1 Å². The first kappa shape index (κ1) is 18.3. The van der Waals surface area contributed by atoms with Gasteiger partial charge in [0.15, 0.2) is 4.34 Å². The van der Waals surface area contributed by atoms with Gasteiger partial charge in [-0.25, -0.2) is 4.39 Å². The van der Waals surface area contributed by atoms with Gasteiger partial charge in [0.1, 0.15) is 11.6 Å². The highest BCUT2D eigenvalue weighted by Gasteiger charge is 2.09. The smallest absolute Gasteiger partial charge is 0.232 e. The van der Waals surface area contributed by atoms with E-state index in [1.54, 1.807) is 12.1 Å². The normalized spacial score (nSPS) is 10.7. The van der Waals surface area contributed by atoms with Gasteiger partial charge in [-0.2, -0.15) is 15.0 Å². The quantitative estimate of drug-likeness (QED) is 0.497. The van der Waals surface area contributed by atoms with Gasteiger partial charge in [0, 0.05) is 12.2 Å². The van der Waals surface area contributed by atoms with E-state index in [9.17, 15) is 4.39 Å². The molecule has 2 aromatic heterocycles. The number of nitrogens with zero attached hydrogens (tertiary/aromatic N) is 5. The first-order valence-corrected chi connectivity index (χ1v) is 9.66. The van der Waals surface area contributed by atoms with Gasteiger partial charge in [0.25, 0.3) is 0 Å². The van der Waals surface area contributed by atoms with E-state index >= 15 is 0 Å². The fourth-order valence-electron chi connectivity index (χ4n) is 1.92. The zero-order chi connectivity index (χ0) is 18.4. The molecule has 3 rings (SSSR count). The van der Waals surface area contributed by atoms with Crippen molar-refractivity contribution in [3.63, 3.8) is 0 Å². The molecule has 0 aliphatic rings. The summed E-state index contributed by atoms with van der Waals surface area (Å²) in [5, 5.41) is 15.2. The predicted octanol–water partition coefficient (Wildman–Crippen LogP) is 3.30. The number of thioether (sulfide) groups is 1. The summed E-state index contributed by atoms with van der Waals surface area (Å²) in [6.45, 7) is 2.95. The van der Waals surface area contributed by atoms with Crippen LogP contribution < -0.4 is 16.4 Å². The number of rotatable bonds is 8. The maximum atomic E-state index is 13.0. The molecular weight excluding hydrogens is 375 g/mol. The fraction of sp³-hybridized carbons (Fsp3) is 0.267. The molecule has 0 aliphatic carbocycles. The Morgan fingerprint density at radius 1 is 1.15 bits per heavy atom. The molecule has 26 heavy (non-hydrogen) atoms. The van der Waals surface area contributed by atoms with E-state index in [0.717, 1.165) is 22.4 Å². The highest BCUT2D eigenvalue weighted by molar-refractivity contribution is 8.00. The van der Waals surface area contributed by atoms with E-state index < -0.39 is 0 Å². The Kier molecular flexibility index (Phi) is 6.12. The SMILES string of the molecule is CCCNc1nnc(SCc2nc(N)nc(Nc3ccc(F)cc3)n2)s1. The molecule has 3 aromatic rings. The average molecular weight is 392 g/mol. The number of nitrogen functional groups attached to an aromatic ring is 1. The summed E-state index contributed by atoms with van der Waals surface area (Å²) in [5.74, 6) is 1.11. The van der Waals surface area contributed by atoms with Crippen molar-refractivity contribution in [3.05, 3.63) is 35.9 Å². The molecule has 0 amide bonds. The van der Waals surface area contributed by atoms with Gasteiger partial charge < -0.3 is 16.4 Å². The van der Waals surface area contributed by atoms with Crippen LogP contribution >= 0.6 is 23.1 Å². The van der Waals surface area contributed by atoms with Crippen molar-refractivity contribution in [2.24, 2.45) is 0 Å². The molecule has 0 spiro atoms. The Labute approximate surface area is 157 Å². The number of nitrogens with one attached hydrogen (secondary N) is 2. The van der Waals surface area contributed by atoms with Gasteiger partial charge in [-0.3, -0.25) is 0 Å². The lowest BCUT2D eigenvalue weighted by Crippen LogP contribution is -2.06. The van der Waals surface area contributed by atoms with Crippen molar-refractivity contribution in [3.8, 4) is 0 Å². The molecule has 0 fully saturated rings. The molecule has 0 unspecified atom stereocenters. The van der Waals surface area contributed by atoms with Crippen LogP contribution in [0.15, 0.2) is 28.6 Å². The molecular formula is C15H17FN8S2. The molecule has 2 heterocycles. The Morgan fingerprint density at radius 2 is 1.96 bits per heavy atom. The summed E-state index contributed by atoms with van der Waals surface area (Å²) in [5.41, 5.74) is 6.42. The van der Waals surface area contributed by atoms with Crippen LogP contribution in [-0.4, -0.2) is 31.7 Å². The van der Waals surface area contributed by atoms with Crippen molar-refractivity contribution in [1.29, 1.82) is 0 Å². The Hall–Kier alpha value is -2.53. The van der Waals surface area contributed by atoms with Crippen LogP contribution in [0.5, 0.6) is 0 Å². The monoisotopic (exact) mass is 392 g/mol. The molecule has 11 heteroatoms. The van der Waals surface area contributed by atoms with Crippen LogP contribution in [-0.2, 0) is 5.75 Å². The Bertz CT molecular complexity index is 855. The zero-order valence-electron chi connectivity index (χ0n) is 13.9. The number of aromatic nitrogens is 5. The minimum absolute atomic E-state index is 0.114. The molecule has 0 atom stereocenters. The molecule has 4 N–H and O–H groups in total. The Morgan fingerprint density at radius 3 is 2.73 bits per heavy atom. The summed E-state index contributed by atoms with van der Waals surface area (Å²) in [6.07, 6.45) is 1.02. The van der Waals surface area contributed by atoms with Gasteiger partial charge in [0.05, 0.1) is 5.75 Å². The maximum absolute atomic E-state index is 13.0. The number of anilines is 4. The van der Waals surface area contributed by atoms with Crippen LogP contribution in [0.3, 0.4) is 0 Å². The zero-order valence-corrected chi connectivity index (χ0v) is 15.6. The second kappa shape index (κ2) is 8.72. The van der Waals surface area contributed by atoms with Gasteiger partial charge in [-0.1, -0.05) is 30.0 Å². The van der Waals surface area contributed by atoms with E-state index in [4.69, 9.17) is 5.73 Å². The lowest BCUT2D eigenvalue weighted by atomic mass is 10.3. The van der Waals surface area contributed by atoms with Crippen LogP contribution in [0, 0.1) is 5.82 Å². The van der Waals surface area contributed by atoms with Gasteiger partial charge in [-0.15, -0.1) is 10.2 Å². The minimum Gasteiger partial charge on any atom is -0.368 e. The molecule has 0 saturated carbocycles. The number of benzene rings is 1. The summed E-state index contributed by atoms with van der Waals surface area (Å²) in [4.78, 5) is 12.5. The summed E-state index contributed by atoms with van der Waals surface area (Å²) < 4.78 is 13.8. The third kappa shape index (κ3) is 5.23. The molecule has 0 bridgehead atoms. The second-order valence-electron chi connectivity index (χ2n) is 5.15. The standard InChI is InChI=1S/C15H17FN8S2/c1-2-7-18-14-23-24-15(26-14)25-8-11-20-12(17)22-13(21-11)19-10-5-3-9(16)4-6-10/h3-6H,2,7-8H2,1H3,(H,18,23)(H3,17,19,20,21,22). The molecule has 0 saturated heterocycles. The van der Waals surface area contributed by atoms with Crippen molar-refractivity contribution in [2.75, 3.05) is 22.9 Å². The topological polar surface area (TPSA) is 115 Å². The minimum atomic E-state index is -0.312. The van der Waals surface area contributed by atoms with Crippen molar-refractivity contribution < 1.29 is 4.39 Å². The predicted molar refractivity (Wildman–Crippen MR) is 102 cm³/mol. The van der Waals surface area contributed by atoms with Gasteiger partial charge in [0.2, 0.25) is 17.0 Å². The highest BCUT2D eigenvalue weighted by atomic mass is 32.2. The van der Waals surface area contributed by atoms with Crippen molar-refractivity contribution in [2.45, 2.75) is 23.4 Å². The fourth-order valence-corrected chi connectivity index (χ4v) is 3.55. The van der Waals surface area contributed by atoms with Crippen LogP contribution in [0.2, 0.25) is 0 Å². The second-order valence-corrected chi connectivity index (χ2v) is 7.35. The largest absolute Gasteiger partial charge is 0.368 e. The number of hydrogen-bond acceptors (Lipinski definition) is 10. The average Bonchev–Trinajstić information content (AvgIpc) is 3.08. The third-order valence-electron chi connectivity index (χ3n) is 3.06. The van der Waals surface area contributed by atoms with Gasteiger partial charge >= 0.3 is 0 Å².